The van der Waals surface area contributed by atoms with Crippen LogP contribution in [0.4, 0.5) is 0 Å². The summed E-state index contributed by atoms with van der Waals surface area (Å²) in [7, 11) is 0. The van der Waals surface area contributed by atoms with Crippen LogP contribution in [0.25, 0.3) is 0 Å². The van der Waals surface area contributed by atoms with Crippen molar-refractivity contribution in [1.82, 2.24) is 0 Å². The molecule has 1 saturated carbocycles. The monoisotopic (exact) mass is 258 g/mol. The van der Waals surface area contributed by atoms with E-state index < -0.39 is 5.60 Å². The number of hydrogen-bond acceptors (Lipinski definition) is 2. The molecule has 0 amide bonds. The van der Waals surface area contributed by atoms with Crippen LogP contribution in [-0.4, -0.2) is 10.7 Å². The highest BCUT2D eigenvalue weighted by molar-refractivity contribution is 9.10. The zero-order valence-corrected chi connectivity index (χ0v) is 10.1. The van der Waals surface area contributed by atoms with Gasteiger partial charge in [-0.3, -0.25) is 0 Å². The van der Waals surface area contributed by atoms with Crippen LogP contribution in [0.5, 0.6) is 0 Å². The predicted molar refractivity (Wildman–Crippen MR) is 58.1 cm³/mol. The van der Waals surface area contributed by atoms with Crippen molar-refractivity contribution in [3.8, 4) is 0 Å². The van der Waals surface area contributed by atoms with Gasteiger partial charge in [0.25, 0.3) is 0 Å². The molecule has 1 aromatic rings. The fraction of sp³-hybridized carbons (Fsp3) is 0.636. The Bertz CT molecular complexity index is 343. The summed E-state index contributed by atoms with van der Waals surface area (Å²) >= 11 is 3.26. The van der Waals surface area contributed by atoms with Crippen molar-refractivity contribution in [2.45, 2.75) is 38.7 Å². The van der Waals surface area contributed by atoms with Gasteiger partial charge in [0.15, 0.2) is 4.67 Å². The van der Waals surface area contributed by atoms with E-state index in [4.69, 9.17) is 4.42 Å². The van der Waals surface area contributed by atoms with E-state index in [1.807, 2.05) is 6.07 Å². The molecule has 0 aliphatic heterocycles. The van der Waals surface area contributed by atoms with E-state index in [2.05, 4.69) is 29.8 Å². The molecule has 1 N–H and O–H groups in total. The second-order valence-corrected chi connectivity index (χ2v) is 5.63. The molecule has 0 spiro atoms. The Hall–Kier alpha value is -0.280. The van der Waals surface area contributed by atoms with Crippen LogP contribution in [0.2, 0.25) is 0 Å². The number of aliphatic hydroxyl groups is 1. The summed E-state index contributed by atoms with van der Waals surface area (Å²) in [6, 6.07) is 1.92. The minimum Gasteiger partial charge on any atom is -0.457 e. The van der Waals surface area contributed by atoms with Crippen LogP contribution in [0.15, 0.2) is 21.4 Å². The highest BCUT2D eigenvalue weighted by atomic mass is 79.9. The average molecular weight is 259 g/mol. The summed E-state index contributed by atoms with van der Waals surface area (Å²) in [5.41, 5.74) is 0.555. The zero-order chi connectivity index (χ0) is 10.4. The molecule has 0 aromatic carbocycles. The lowest BCUT2D eigenvalue weighted by atomic mass is 9.57. The van der Waals surface area contributed by atoms with Crippen LogP contribution in [0.1, 0.15) is 32.3 Å². The molecule has 1 heterocycles. The van der Waals surface area contributed by atoms with Gasteiger partial charge < -0.3 is 9.52 Å². The first-order valence-corrected chi connectivity index (χ1v) is 5.68. The lowest BCUT2D eigenvalue weighted by Crippen LogP contribution is -2.55. The summed E-state index contributed by atoms with van der Waals surface area (Å²) in [5.74, 6) is 0. The zero-order valence-electron chi connectivity index (χ0n) is 8.51. The normalized spacial score (nSPS) is 30.0. The molecule has 1 fully saturated rings. The maximum absolute atomic E-state index is 10.3. The molecule has 14 heavy (non-hydrogen) atoms. The summed E-state index contributed by atoms with van der Waals surface area (Å²) in [5, 5.41) is 10.3. The first-order chi connectivity index (χ1) is 6.43. The average Bonchev–Trinajstić information content (AvgIpc) is 2.49. The summed E-state index contributed by atoms with van der Waals surface area (Å²) in [6.07, 6.45) is 4.39. The Kier molecular flexibility index (Phi) is 2.27. The molecule has 78 valence electrons. The molecule has 1 aromatic heterocycles. The SMILES string of the molecule is CC1(C)CCC1(O)Cc1coc(Br)c1. The van der Waals surface area contributed by atoms with Gasteiger partial charge in [-0.25, -0.2) is 0 Å². The molecule has 1 atom stereocenters. The summed E-state index contributed by atoms with van der Waals surface area (Å²) in [6.45, 7) is 4.23. The van der Waals surface area contributed by atoms with Crippen molar-refractivity contribution in [3.05, 3.63) is 22.6 Å². The third-order valence-electron chi connectivity index (χ3n) is 3.54. The van der Waals surface area contributed by atoms with Crippen molar-refractivity contribution in [3.63, 3.8) is 0 Å². The maximum Gasteiger partial charge on any atom is 0.169 e. The van der Waals surface area contributed by atoms with Crippen LogP contribution >= 0.6 is 15.9 Å². The van der Waals surface area contributed by atoms with Gasteiger partial charge in [-0.15, -0.1) is 0 Å². The Balaban J connectivity index is 2.11. The van der Waals surface area contributed by atoms with E-state index in [0.29, 0.717) is 6.42 Å². The van der Waals surface area contributed by atoms with Gasteiger partial charge in [0.1, 0.15) is 0 Å². The van der Waals surface area contributed by atoms with Gasteiger partial charge in [0.2, 0.25) is 0 Å². The summed E-state index contributed by atoms with van der Waals surface area (Å²) in [4.78, 5) is 0. The lowest BCUT2D eigenvalue weighted by Gasteiger charge is -2.52. The van der Waals surface area contributed by atoms with Gasteiger partial charge in [0, 0.05) is 6.42 Å². The van der Waals surface area contributed by atoms with Gasteiger partial charge >= 0.3 is 0 Å². The summed E-state index contributed by atoms with van der Waals surface area (Å²) < 4.78 is 5.88. The van der Waals surface area contributed by atoms with Crippen molar-refractivity contribution < 1.29 is 9.52 Å². The van der Waals surface area contributed by atoms with E-state index in [-0.39, 0.29) is 5.41 Å². The lowest BCUT2D eigenvalue weighted by molar-refractivity contribution is -0.147. The number of rotatable bonds is 2. The Labute approximate surface area is 92.4 Å². The number of furan rings is 1. The fourth-order valence-electron chi connectivity index (χ4n) is 2.02. The number of halogens is 1. The standard InChI is InChI=1S/C11H15BrO2/c1-10(2)3-4-11(10,13)6-8-5-9(12)14-7-8/h5,7,13H,3-4,6H2,1-2H3. The van der Waals surface area contributed by atoms with E-state index in [0.717, 1.165) is 23.1 Å². The van der Waals surface area contributed by atoms with Crippen molar-refractivity contribution in [2.75, 3.05) is 0 Å². The van der Waals surface area contributed by atoms with Crippen LogP contribution in [0, 0.1) is 5.41 Å². The van der Waals surface area contributed by atoms with Crippen LogP contribution in [0.3, 0.4) is 0 Å². The molecular formula is C11H15BrO2. The highest BCUT2D eigenvalue weighted by Crippen LogP contribution is 2.51. The molecular weight excluding hydrogens is 244 g/mol. The van der Waals surface area contributed by atoms with E-state index in [9.17, 15) is 5.11 Å². The van der Waals surface area contributed by atoms with Crippen molar-refractivity contribution in [1.29, 1.82) is 0 Å². The van der Waals surface area contributed by atoms with Gasteiger partial charge in [-0.05, 0) is 45.8 Å². The predicted octanol–water partition coefficient (Wildman–Crippen LogP) is 3.14. The van der Waals surface area contributed by atoms with Gasteiger partial charge in [0.05, 0.1) is 11.9 Å². The van der Waals surface area contributed by atoms with Gasteiger partial charge in [-0.1, -0.05) is 13.8 Å². The molecule has 2 rings (SSSR count). The molecule has 1 aliphatic carbocycles. The first kappa shape index (κ1) is 10.2. The second-order valence-electron chi connectivity index (χ2n) is 4.85. The largest absolute Gasteiger partial charge is 0.457 e. The first-order valence-electron chi connectivity index (χ1n) is 4.88. The quantitative estimate of drug-likeness (QED) is 0.885. The molecule has 1 aliphatic rings. The highest BCUT2D eigenvalue weighted by Gasteiger charge is 2.51. The Morgan fingerprint density at radius 2 is 2.21 bits per heavy atom. The third-order valence-corrected chi connectivity index (χ3v) is 3.96. The molecule has 2 nitrogen and oxygen atoms in total. The third kappa shape index (κ3) is 1.52. The minimum absolute atomic E-state index is 0.0384. The Morgan fingerprint density at radius 3 is 2.57 bits per heavy atom. The fourth-order valence-corrected chi connectivity index (χ4v) is 2.40. The Morgan fingerprint density at radius 1 is 1.50 bits per heavy atom. The minimum atomic E-state index is -0.545. The molecule has 0 saturated heterocycles. The molecule has 0 radical (unpaired) electrons. The molecule has 3 heteroatoms. The number of hydrogen-bond donors (Lipinski definition) is 1. The topological polar surface area (TPSA) is 33.4 Å². The second kappa shape index (κ2) is 3.11. The maximum atomic E-state index is 10.3. The van der Waals surface area contributed by atoms with Crippen LogP contribution in [-0.2, 0) is 6.42 Å². The smallest absolute Gasteiger partial charge is 0.169 e. The molecule has 0 bridgehead atoms. The van der Waals surface area contributed by atoms with Crippen molar-refractivity contribution >= 4 is 15.9 Å². The van der Waals surface area contributed by atoms with Crippen LogP contribution < -0.4 is 0 Å². The van der Waals surface area contributed by atoms with Crippen molar-refractivity contribution in [2.24, 2.45) is 5.41 Å². The molecule has 1 unspecified atom stereocenters. The van der Waals surface area contributed by atoms with E-state index >= 15 is 0 Å². The van der Waals surface area contributed by atoms with E-state index in [1.165, 1.54) is 0 Å². The van der Waals surface area contributed by atoms with Gasteiger partial charge in [-0.2, -0.15) is 0 Å². The van der Waals surface area contributed by atoms with E-state index in [1.54, 1.807) is 6.26 Å².